The molecule has 0 radical (unpaired) electrons. The number of carbonyl (C=O) groups is 2. The number of anilines is 1. The lowest BCUT2D eigenvalue weighted by molar-refractivity contribution is 0.0696. The fourth-order valence-corrected chi connectivity index (χ4v) is 3.53. The number of aromatic carboxylic acids is 1. The van der Waals surface area contributed by atoms with Gasteiger partial charge in [0.2, 0.25) is 0 Å². The Hall–Kier alpha value is -4.20. The van der Waals surface area contributed by atoms with E-state index >= 15 is 0 Å². The standard InChI is InChI=1S/C23H20N4O4/c1-13-18(12-14-4-8-16(9-5-14)26(2)3)22(29)27(20-19(13)21(28)25-24-20)17-10-6-15(7-11-17)23(30)31/h4-12H,1-3H3,(H,25,28)(H,30,31)/b18-12-. The molecule has 0 atom stereocenters. The van der Waals surface area contributed by atoms with E-state index in [1.807, 2.05) is 43.3 Å². The number of carbonyl (C=O) groups excluding carboxylic acids is 1. The minimum atomic E-state index is -1.07. The van der Waals surface area contributed by atoms with E-state index in [1.165, 1.54) is 28.8 Å². The fraction of sp³-hybridized carbons (Fsp3) is 0.130. The number of nitrogens with one attached hydrogen (secondary N) is 1. The molecule has 0 aliphatic carbocycles. The average Bonchev–Trinajstić information content (AvgIpc) is 3.13. The summed E-state index contributed by atoms with van der Waals surface area (Å²) in [7, 11) is 3.89. The van der Waals surface area contributed by atoms with Crippen LogP contribution in [0.5, 0.6) is 0 Å². The Morgan fingerprint density at radius 1 is 1.06 bits per heavy atom. The van der Waals surface area contributed by atoms with Crippen LogP contribution in [-0.2, 0) is 0 Å². The Balaban J connectivity index is 1.98. The van der Waals surface area contributed by atoms with Crippen molar-refractivity contribution in [2.24, 2.45) is 5.10 Å². The lowest BCUT2D eigenvalue weighted by atomic mass is 10.1. The molecular formula is C23H20N4O4. The molecule has 0 bridgehead atoms. The number of pyridine rings is 1. The maximum absolute atomic E-state index is 13.5. The van der Waals surface area contributed by atoms with Gasteiger partial charge in [0.05, 0.1) is 16.8 Å². The van der Waals surface area contributed by atoms with Crippen molar-refractivity contribution in [3.05, 3.63) is 91.8 Å². The second-order valence-corrected chi connectivity index (χ2v) is 7.41. The zero-order valence-corrected chi connectivity index (χ0v) is 17.2. The van der Waals surface area contributed by atoms with E-state index in [-0.39, 0.29) is 22.5 Å². The number of fused-ring (bicyclic) bond motifs is 1. The van der Waals surface area contributed by atoms with Crippen LogP contribution in [0.1, 0.15) is 31.8 Å². The SMILES string of the molecule is Cc1c2c(n(-c3ccc(C(=O)O)cc3)c(=O)/c1=C\c1ccc(N(C)C)cc1)=NNC2=O. The third-order valence-electron chi connectivity index (χ3n) is 5.23. The Bertz CT molecular complexity index is 1390. The molecule has 8 nitrogen and oxygen atoms in total. The molecule has 1 aliphatic heterocycles. The van der Waals surface area contributed by atoms with Gasteiger partial charge in [-0.15, -0.1) is 0 Å². The molecule has 4 rings (SSSR count). The summed E-state index contributed by atoms with van der Waals surface area (Å²) in [6.45, 7) is 1.72. The zero-order valence-electron chi connectivity index (χ0n) is 17.2. The molecule has 0 saturated heterocycles. The van der Waals surface area contributed by atoms with Crippen LogP contribution < -0.4 is 26.6 Å². The van der Waals surface area contributed by atoms with Crippen LogP contribution in [0.4, 0.5) is 5.69 Å². The highest BCUT2D eigenvalue weighted by molar-refractivity contribution is 5.96. The molecule has 8 heteroatoms. The average molecular weight is 416 g/mol. The van der Waals surface area contributed by atoms with Gasteiger partial charge in [0, 0.05) is 25.0 Å². The number of carboxylic acid groups (broad SMARTS) is 1. The third-order valence-corrected chi connectivity index (χ3v) is 5.23. The topological polar surface area (TPSA) is 104 Å². The lowest BCUT2D eigenvalue weighted by Crippen LogP contribution is -2.45. The lowest BCUT2D eigenvalue weighted by Gasteiger charge is -2.12. The van der Waals surface area contributed by atoms with Gasteiger partial charge in [-0.05, 0) is 60.5 Å². The highest BCUT2D eigenvalue weighted by Gasteiger charge is 2.23. The maximum atomic E-state index is 13.5. The smallest absolute Gasteiger partial charge is 0.335 e. The van der Waals surface area contributed by atoms with Gasteiger partial charge in [-0.2, -0.15) is 5.10 Å². The monoisotopic (exact) mass is 416 g/mol. The van der Waals surface area contributed by atoms with Crippen LogP contribution in [0, 0.1) is 6.92 Å². The second-order valence-electron chi connectivity index (χ2n) is 7.41. The van der Waals surface area contributed by atoms with Crippen LogP contribution in [0.25, 0.3) is 11.8 Å². The summed E-state index contributed by atoms with van der Waals surface area (Å²) in [4.78, 5) is 39.0. The molecule has 1 aromatic heterocycles. The first-order chi connectivity index (χ1) is 14.8. The van der Waals surface area contributed by atoms with Crippen LogP contribution in [0.3, 0.4) is 0 Å². The summed E-state index contributed by atoms with van der Waals surface area (Å²) >= 11 is 0. The molecule has 156 valence electrons. The van der Waals surface area contributed by atoms with Gasteiger partial charge < -0.3 is 10.0 Å². The summed E-state index contributed by atoms with van der Waals surface area (Å²) in [5, 5.41) is 13.5. The van der Waals surface area contributed by atoms with Gasteiger partial charge in [-0.3, -0.25) is 14.2 Å². The van der Waals surface area contributed by atoms with E-state index in [1.54, 1.807) is 13.0 Å². The first-order valence-corrected chi connectivity index (χ1v) is 9.54. The Morgan fingerprint density at radius 3 is 2.29 bits per heavy atom. The summed E-state index contributed by atoms with van der Waals surface area (Å²) in [6.07, 6.45) is 1.74. The second kappa shape index (κ2) is 7.56. The third kappa shape index (κ3) is 3.48. The summed E-state index contributed by atoms with van der Waals surface area (Å²) in [5.41, 5.74) is 5.48. The predicted octanol–water partition coefficient (Wildman–Crippen LogP) is 1.02. The molecule has 31 heavy (non-hydrogen) atoms. The molecule has 2 N–H and O–H groups in total. The van der Waals surface area contributed by atoms with Gasteiger partial charge in [0.25, 0.3) is 11.5 Å². The first-order valence-electron chi connectivity index (χ1n) is 9.54. The minimum absolute atomic E-state index is 0.0967. The van der Waals surface area contributed by atoms with Gasteiger partial charge in [0.1, 0.15) is 0 Å². The van der Waals surface area contributed by atoms with Crippen LogP contribution >= 0.6 is 0 Å². The van der Waals surface area contributed by atoms with Crippen molar-refractivity contribution < 1.29 is 14.7 Å². The van der Waals surface area contributed by atoms with Crippen molar-refractivity contribution in [3.63, 3.8) is 0 Å². The van der Waals surface area contributed by atoms with Crippen molar-refractivity contribution in [3.8, 4) is 5.69 Å². The predicted molar refractivity (Wildman–Crippen MR) is 116 cm³/mol. The Kier molecular flexibility index (Phi) is 4.90. The Morgan fingerprint density at radius 2 is 1.71 bits per heavy atom. The molecule has 1 aliphatic rings. The molecule has 3 aromatic rings. The number of carboxylic acids is 1. The van der Waals surface area contributed by atoms with Gasteiger partial charge in [0.15, 0.2) is 5.49 Å². The molecular weight excluding hydrogens is 396 g/mol. The number of aromatic nitrogens is 1. The normalized spacial score (nSPS) is 12.9. The van der Waals surface area contributed by atoms with Crippen molar-refractivity contribution in [1.29, 1.82) is 0 Å². The van der Waals surface area contributed by atoms with E-state index in [0.717, 1.165) is 11.3 Å². The van der Waals surface area contributed by atoms with E-state index in [4.69, 9.17) is 5.11 Å². The number of hydrogen-bond acceptors (Lipinski definition) is 5. The van der Waals surface area contributed by atoms with E-state index in [0.29, 0.717) is 22.0 Å². The quantitative estimate of drug-likeness (QED) is 0.661. The number of rotatable bonds is 4. The molecule has 2 aromatic carbocycles. The molecule has 0 spiro atoms. The number of hydrogen-bond donors (Lipinski definition) is 2. The first kappa shape index (κ1) is 20.1. The zero-order chi connectivity index (χ0) is 22.3. The largest absolute Gasteiger partial charge is 0.478 e. The van der Waals surface area contributed by atoms with Crippen molar-refractivity contribution in [1.82, 2.24) is 9.99 Å². The highest BCUT2D eigenvalue weighted by Crippen LogP contribution is 2.13. The summed E-state index contributed by atoms with van der Waals surface area (Å²) in [5.74, 6) is -1.45. The number of nitrogens with zero attached hydrogens (tertiary/aromatic N) is 3. The molecule has 1 amide bonds. The van der Waals surface area contributed by atoms with Crippen LogP contribution in [0.15, 0.2) is 58.4 Å². The van der Waals surface area contributed by atoms with Crippen molar-refractivity contribution in [2.75, 3.05) is 19.0 Å². The Labute approximate surface area is 177 Å². The maximum Gasteiger partial charge on any atom is 0.335 e. The number of amides is 1. The van der Waals surface area contributed by atoms with E-state index in [2.05, 4.69) is 10.5 Å². The molecule has 0 fully saturated rings. The minimum Gasteiger partial charge on any atom is -0.478 e. The molecule has 0 saturated carbocycles. The van der Waals surface area contributed by atoms with E-state index < -0.39 is 5.97 Å². The van der Waals surface area contributed by atoms with Gasteiger partial charge >= 0.3 is 5.97 Å². The number of benzene rings is 2. The van der Waals surface area contributed by atoms with Crippen LogP contribution in [0.2, 0.25) is 0 Å². The highest BCUT2D eigenvalue weighted by atomic mass is 16.4. The molecule has 2 heterocycles. The summed E-state index contributed by atoms with van der Waals surface area (Å²) in [6, 6.07) is 13.5. The van der Waals surface area contributed by atoms with Crippen molar-refractivity contribution in [2.45, 2.75) is 6.92 Å². The van der Waals surface area contributed by atoms with E-state index in [9.17, 15) is 14.4 Å². The van der Waals surface area contributed by atoms with Crippen LogP contribution in [-0.4, -0.2) is 35.6 Å². The van der Waals surface area contributed by atoms with Gasteiger partial charge in [-0.25, -0.2) is 10.2 Å². The van der Waals surface area contributed by atoms with Gasteiger partial charge in [-0.1, -0.05) is 12.1 Å². The summed E-state index contributed by atoms with van der Waals surface area (Å²) < 4.78 is 1.33. The van der Waals surface area contributed by atoms with Crippen molar-refractivity contribution >= 4 is 23.6 Å². The fourth-order valence-electron chi connectivity index (χ4n) is 3.53. The molecule has 0 unspecified atom stereocenters.